The van der Waals surface area contributed by atoms with E-state index in [2.05, 4.69) is 10.3 Å². The fourth-order valence-corrected chi connectivity index (χ4v) is 7.64. The molecule has 2 aromatic carbocycles. The number of piperidine rings is 2. The molecule has 0 saturated carbocycles. The summed E-state index contributed by atoms with van der Waals surface area (Å²) in [7, 11) is -3.86. The van der Waals surface area contributed by atoms with Gasteiger partial charge in [0.05, 0.1) is 17.2 Å². The van der Waals surface area contributed by atoms with Crippen LogP contribution in [0.4, 0.5) is 13.2 Å². The van der Waals surface area contributed by atoms with E-state index in [0.717, 1.165) is 16.5 Å². The second-order valence-electron chi connectivity index (χ2n) is 13.2. The molecule has 0 atom stereocenters. The maximum atomic E-state index is 13.4. The number of hydrogen-bond acceptors (Lipinski definition) is 7. The van der Waals surface area contributed by atoms with Crippen molar-refractivity contribution in [3.05, 3.63) is 68.6 Å². The molecular formula is C34H40ClF3N4O6S. The van der Waals surface area contributed by atoms with Gasteiger partial charge in [-0.25, -0.2) is 8.42 Å². The van der Waals surface area contributed by atoms with Crippen molar-refractivity contribution >= 4 is 45.4 Å². The van der Waals surface area contributed by atoms with E-state index < -0.39 is 33.8 Å². The Bertz CT molecular complexity index is 1750. The average molecular weight is 725 g/mol. The van der Waals surface area contributed by atoms with Gasteiger partial charge in [0.25, 0.3) is 11.8 Å². The number of alkyl halides is 3. The van der Waals surface area contributed by atoms with Gasteiger partial charge in [-0.15, -0.1) is 0 Å². The lowest BCUT2D eigenvalue weighted by atomic mass is 9.89. The van der Waals surface area contributed by atoms with Gasteiger partial charge in [0.2, 0.25) is 10.0 Å². The number of aliphatic imine (C=N–C) groups is 1. The van der Waals surface area contributed by atoms with Gasteiger partial charge in [0, 0.05) is 49.1 Å². The van der Waals surface area contributed by atoms with Crippen LogP contribution < -0.4 is 10.1 Å². The molecule has 3 heterocycles. The smallest absolute Gasteiger partial charge is 0.389 e. The molecule has 2 saturated heterocycles. The Hall–Kier alpha value is -3.46. The Morgan fingerprint density at radius 1 is 1.08 bits per heavy atom. The molecule has 2 aromatic rings. The number of amides is 2. The number of nitrogens with one attached hydrogen (secondary N) is 1. The first-order valence-electron chi connectivity index (χ1n) is 16.1. The summed E-state index contributed by atoms with van der Waals surface area (Å²) in [5, 5.41) is 14.3. The lowest BCUT2D eigenvalue weighted by Gasteiger charge is -2.36. The van der Waals surface area contributed by atoms with Crippen molar-refractivity contribution in [2.75, 3.05) is 32.8 Å². The first kappa shape index (κ1) is 36.8. The number of likely N-dealkylation sites (tertiary alicyclic amines) is 1. The van der Waals surface area contributed by atoms with Crippen molar-refractivity contribution in [2.45, 2.75) is 76.6 Å². The van der Waals surface area contributed by atoms with Crippen LogP contribution in [0.2, 0.25) is 5.02 Å². The number of aryl methyl sites for hydroxylation is 2. The van der Waals surface area contributed by atoms with E-state index in [-0.39, 0.29) is 67.4 Å². The fraction of sp³-hybridized carbons (Fsp3) is 0.500. The van der Waals surface area contributed by atoms with Gasteiger partial charge >= 0.3 is 6.18 Å². The summed E-state index contributed by atoms with van der Waals surface area (Å²) in [5.74, 6) is -0.0824. The van der Waals surface area contributed by atoms with Crippen LogP contribution in [0.1, 0.15) is 78.1 Å². The SMILES string of the molecule is Cc1cc(C(=O)N2CCC(C)(O)CC2)cc(C)c1/C=C/S(=O)(=O)N1CCC2(CC1)N=C(c1ccc(Cl)c(OCCCC(F)(F)F)c1)NC2=O. The Balaban J connectivity index is 1.22. The second kappa shape index (κ2) is 14.0. The molecule has 2 fully saturated rings. The number of carbonyl (C=O) groups is 2. The minimum absolute atomic E-state index is 0.0547. The minimum atomic E-state index is -4.29. The third kappa shape index (κ3) is 8.65. The highest BCUT2D eigenvalue weighted by Crippen LogP contribution is 2.34. The molecule has 266 valence electrons. The standard InChI is InChI=1S/C34H40ClF3N4O6S/c1-22-19-25(30(43)41-13-9-32(3,45)10-14-41)20-23(2)26(22)7-18-49(46,47)42-15-11-33(12-16-42)31(44)39-29(40-33)24-5-6-27(35)28(21-24)48-17-4-8-34(36,37)38/h5-7,18-21,45H,4,8-17H2,1-3H3,(H,39,40,44)/b18-7+. The van der Waals surface area contributed by atoms with Crippen LogP contribution in [0.3, 0.4) is 0 Å². The van der Waals surface area contributed by atoms with Crippen LogP contribution >= 0.6 is 11.6 Å². The molecule has 0 aliphatic carbocycles. The van der Waals surface area contributed by atoms with E-state index in [4.69, 9.17) is 16.3 Å². The number of aliphatic hydroxyl groups is 1. The van der Waals surface area contributed by atoms with Crippen LogP contribution in [-0.4, -0.2) is 90.5 Å². The van der Waals surface area contributed by atoms with Crippen molar-refractivity contribution in [1.29, 1.82) is 0 Å². The predicted molar refractivity (Wildman–Crippen MR) is 180 cm³/mol. The van der Waals surface area contributed by atoms with E-state index in [9.17, 15) is 36.3 Å². The number of carbonyl (C=O) groups excluding carboxylic acids is 2. The molecule has 0 aromatic heterocycles. The summed E-state index contributed by atoms with van der Waals surface area (Å²) in [5.41, 5.74) is 1.21. The molecular weight excluding hydrogens is 685 g/mol. The molecule has 3 aliphatic heterocycles. The molecule has 0 unspecified atom stereocenters. The van der Waals surface area contributed by atoms with E-state index in [0.29, 0.717) is 42.6 Å². The zero-order chi connectivity index (χ0) is 35.8. The highest BCUT2D eigenvalue weighted by molar-refractivity contribution is 7.92. The van der Waals surface area contributed by atoms with Gasteiger partial charge < -0.3 is 20.1 Å². The van der Waals surface area contributed by atoms with Crippen molar-refractivity contribution in [2.24, 2.45) is 4.99 Å². The summed E-state index contributed by atoms with van der Waals surface area (Å²) < 4.78 is 70.9. The zero-order valence-corrected chi connectivity index (χ0v) is 29.1. The van der Waals surface area contributed by atoms with Crippen molar-refractivity contribution in [1.82, 2.24) is 14.5 Å². The number of halogens is 4. The predicted octanol–water partition coefficient (Wildman–Crippen LogP) is 5.38. The Morgan fingerprint density at radius 3 is 2.33 bits per heavy atom. The lowest BCUT2D eigenvalue weighted by molar-refractivity contribution is -0.136. The number of sulfonamides is 1. The quantitative estimate of drug-likeness (QED) is 0.335. The topological polar surface area (TPSA) is 129 Å². The number of rotatable bonds is 9. The summed E-state index contributed by atoms with van der Waals surface area (Å²) in [6, 6.07) is 8.12. The minimum Gasteiger partial charge on any atom is -0.492 e. The maximum Gasteiger partial charge on any atom is 0.389 e. The Morgan fingerprint density at radius 2 is 1.71 bits per heavy atom. The summed E-state index contributed by atoms with van der Waals surface area (Å²) >= 11 is 6.18. The average Bonchev–Trinajstić information content (AvgIpc) is 3.33. The van der Waals surface area contributed by atoms with Crippen LogP contribution in [0.25, 0.3) is 6.08 Å². The highest BCUT2D eigenvalue weighted by Gasteiger charge is 2.47. The van der Waals surface area contributed by atoms with E-state index >= 15 is 0 Å². The van der Waals surface area contributed by atoms with Crippen LogP contribution in [-0.2, 0) is 14.8 Å². The molecule has 2 amide bonds. The molecule has 0 radical (unpaired) electrons. The third-order valence-electron chi connectivity index (χ3n) is 9.33. The number of benzene rings is 2. The van der Waals surface area contributed by atoms with E-state index in [1.54, 1.807) is 30.0 Å². The summed E-state index contributed by atoms with van der Waals surface area (Å²) in [6.45, 7) is 6.24. The van der Waals surface area contributed by atoms with Crippen molar-refractivity contribution < 1.29 is 41.0 Å². The Kier molecular flexibility index (Phi) is 10.6. The number of ether oxygens (including phenoxy) is 1. The molecule has 10 nitrogen and oxygen atoms in total. The van der Waals surface area contributed by atoms with Gasteiger partial charge in [-0.1, -0.05) is 11.6 Å². The van der Waals surface area contributed by atoms with Crippen LogP contribution in [0, 0.1) is 13.8 Å². The monoisotopic (exact) mass is 724 g/mol. The number of hydrogen-bond donors (Lipinski definition) is 2. The lowest BCUT2D eigenvalue weighted by Crippen LogP contribution is -2.50. The van der Waals surface area contributed by atoms with E-state index in [1.165, 1.54) is 22.5 Å². The van der Waals surface area contributed by atoms with Crippen LogP contribution in [0.5, 0.6) is 5.75 Å². The summed E-state index contributed by atoms with van der Waals surface area (Å²) in [6.07, 6.45) is -2.70. The molecule has 0 bridgehead atoms. The van der Waals surface area contributed by atoms with Crippen molar-refractivity contribution in [3.63, 3.8) is 0 Å². The normalized spacial score (nSPS) is 19.7. The second-order valence-corrected chi connectivity index (χ2v) is 15.4. The largest absolute Gasteiger partial charge is 0.492 e. The molecule has 1 spiro atoms. The van der Waals surface area contributed by atoms with E-state index in [1.807, 2.05) is 13.8 Å². The number of amidine groups is 1. The van der Waals surface area contributed by atoms with Gasteiger partial charge in [0.1, 0.15) is 17.1 Å². The first-order valence-corrected chi connectivity index (χ1v) is 18.0. The molecule has 2 N–H and O–H groups in total. The maximum absolute atomic E-state index is 13.4. The molecule has 3 aliphatic rings. The number of nitrogens with zero attached hydrogens (tertiary/aromatic N) is 3. The fourth-order valence-electron chi connectivity index (χ4n) is 6.29. The molecule has 49 heavy (non-hydrogen) atoms. The molecule has 15 heteroatoms. The highest BCUT2D eigenvalue weighted by atomic mass is 35.5. The van der Waals surface area contributed by atoms with Gasteiger partial charge in [-0.3, -0.25) is 14.6 Å². The first-order chi connectivity index (χ1) is 22.9. The zero-order valence-electron chi connectivity index (χ0n) is 27.6. The van der Waals surface area contributed by atoms with Gasteiger partial charge in [-0.05, 0) is 106 Å². The third-order valence-corrected chi connectivity index (χ3v) is 11.2. The van der Waals surface area contributed by atoms with Crippen molar-refractivity contribution in [3.8, 4) is 5.75 Å². The molecule has 5 rings (SSSR count). The van der Waals surface area contributed by atoms with Crippen LogP contribution in [0.15, 0.2) is 40.7 Å². The van der Waals surface area contributed by atoms with Gasteiger partial charge in [-0.2, -0.15) is 17.5 Å². The van der Waals surface area contributed by atoms with Gasteiger partial charge in [0.15, 0.2) is 0 Å². The Labute approximate surface area is 289 Å². The summed E-state index contributed by atoms with van der Waals surface area (Å²) in [4.78, 5) is 32.6.